The van der Waals surface area contributed by atoms with Gasteiger partial charge in [0, 0.05) is 67.3 Å². The Morgan fingerprint density at radius 3 is 2.53 bits per heavy atom. The molecule has 3 aromatic heterocycles. The van der Waals surface area contributed by atoms with Crippen LogP contribution in [0.2, 0.25) is 0 Å². The summed E-state index contributed by atoms with van der Waals surface area (Å²) in [7, 11) is 2.19. The quantitative estimate of drug-likeness (QED) is 0.344. The molecular formula is C27H28N8S. The average Bonchev–Trinajstić information content (AvgIpc) is 3.54. The smallest absolute Gasteiger partial charge is 0.187 e. The highest BCUT2D eigenvalue weighted by molar-refractivity contribution is 7.14. The lowest BCUT2D eigenvalue weighted by molar-refractivity contribution is 0.148. The number of benzene rings is 2. The van der Waals surface area contributed by atoms with E-state index in [0.717, 1.165) is 82.8 Å². The zero-order valence-electron chi connectivity index (χ0n) is 20.4. The molecule has 0 aliphatic carbocycles. The maximum atomic E-state index is 4.86. The molecule has 182 valence electrons. The van der Waals surface area contributed by atoms with E-state index in [1.807, 2.05) is 5.38 Å². The molecule has 0 bridgehead atoms. The van der Waals surface area contributed by atoms with Crippen molar-refractivity contribution in [2.24, 2.45) is 0 Å². The van der Waals surface area contributed by atoms with Crippen molar-refractivity contribution in [1.82, 2.24) is 34.7 Å². The minimum Gasteiger partial charge on any atom is -0.338 e. The number of fused-ring (bicyclic) bond motifs is 1. The third kappa shape index (κ3) is 4.86. The number of hydrogen-bond acceptors (Lipinski definition) is 8. The van der Waals surface area contributed by atoms with Crippen molar-refractivity contribution in [2.45, 2.75) is 13.5 Å². The van der Waals surface area contributed by atoms with E-state index < -0.39 is 0 Å². The van der Waals surface area contributed by atoms with Crippen LogP contribution in [0.4, 0.5) is 10.8 Å². The number of piperazine rings is 1. The summed E-state index contributed by atoms with van der Waals surface area (Å²) in [4.78, 5) is 26.1. The molecule has 0 atom stereocenters. The van der Waals surface area contributed by atoms with Crippen molar-refractivity contribution in [2.75, 3.05) is 38.5 Å². The lowest BCUT2D eigenvalue weighted by atomic mass is 10.1. The molecule has 0 radical (unpaired) electrons. The summed E-state index contributed by atoms with van der Waals surface area (Å²) in [5.74, 6) is 0.883. The number of likely N-dealkylation sites (N-methyl/N-ethyl adjacent to an activating group) is 1. The molecule has 9 heteroatoms. The Kier molecular flexibility index (Phi) is 6.18. The number of rotatable bonds is 6. The average molecular weight is 497 g/mol. The van der Waals surface area contributed by atoms with Crippen molar-refractivity contribution in [3.63, 3.8) is 0 Å². The molecule has 1 aliphatic rings. The first kappa shape index (κ1) is 22.8. The van der Waals surface area contributed by atoms with Gasteiger partial charge in [0.1, 0.15) is 12.2 Å². The van der Waals surface area contributed by atoms with Crippen LogP contribution in [0.5, 0.6) is 0 Å². The molecule has 1 aliphatic heterocycles. The molecule has 2 N–H and O–H groups in total. The van der Waals surface area contributed by atoms with Crippen LogP contribution in [-0.4, -0.2) is 67.9 Å². The van der Waals surface area contributed by atoms with Gasteiger partial charge in [0.2, 0.25) is 0 Å². The van der Waals surface area contributed by atoms with Crippen LogP contribution in [-0.2, 0) is 6.54 Å². The van der Waals surface area contributed by atoms with E-state index in [1.54, 1.807) is 23.7 Å². The van der Waals surface area contributed by atoms with Crippen LogP contribution in [0.15, 0.2) is 60.5 Å². The summed E-state index contributed by atoms with van der Waals surface area (Å²) in [5, 5.41) is 6.30. The van der Waals surface area contributed by atoms with Crippen LogP contribution in [0, 0.1) is 6.92 Å². The van der Waals surface area contributed by atoms with Crippen molar-refractivity contribution < 1.29 is 0 Å². The maximum absolute atomic E-state index is 4.86. The lowest BCUT2D eigenvalue weighted by Crippen LogP contribution is -2.43. The molecule has 1 saturated heterocycles. The minimum atomic E-state index is 0.826. The molecule has 2 aromatic carbocycles. The zero-order valence-corrected chi connectivity index (χ0v) is 21.2. The van der Waals surface area contributed by atoms with Crippen LogP contribution in [0.25, 0.3) is 33.7 Å². The SMILES string of the molecule is Cc1cc2nc(-c3ccc(CN4CCN(C)CC4)cc3)[nH]c2cc1Nc1nc(-c2cncnc2)cs1. The first-order valence-electron chi connectivity index (χ1n) is 12.1. The van der Waals surface area contributed by atoms with Gasteiger partial charge in [0.15, 0.2) is 5.13 Å². The van der Waals surface area contributed by atoms with Crippen molar-refractivity contribution in [1.29, 1.82) is 0 Å². The molecule has 8 nitrogen and oxygen atoms in total. The first-order chi connectivity index (χ1) is 17.6. The van der Waals surface area contributed by atoms with Gasteiger partial charge in [-0.25, -0.2) is 19.9 Å². The summed E-state index contributed by atoms with van der Waals surface area (Å²) in [6.45, 7) is 7.61. The predicted octanol–water partition coefficient (Wildman–Crippen LogP) is 4.94. The van der Waals surface area contributed by atoms with E-state index >= 15 is 0 Å². The van der Waals surface area contributed by atoms with Crippen LogP contribution >= 0.6 is 11.3 Å². The van der Waals surface area contributed by atoms with Gasteiger partial charge in [0.05, 0.1) is 16.7 Å². The maximum Gasteiger partial charge on any atom is 0.187 e. The largest absolute Gasteiger partial charge is 0.338 e. The van der Waals surface area contributed by atoms with Crippen LogP contribution in [0.1, 0.15) is 11.1 Å². The highest BCUT2D eigenvalue weighted by Crippen LogP contribution is 2.31. The Balaban J connectivity index is 1.18. The molecule has 0 spiro atoms. The summed E-state index contributed by atoms with van der Waals surface area (Å²) in [6.07, 6.45) is 5.07. The number of H-pyrrole nitrogens is 1. The van der Waals surface area contributed by atoms with Gasteiger partial charge in [-0.2, -0.15) is 0 Å². The third-order valence-electron chi connectivity index (χ3n) is 6.66. The van der Waals surface area contributed by atoms with Gasteiger partial charge in [-0.15, -0.1) is 11.3 Å². The molecule has 4 heterocycles. The second-order valence-corrected chi connectivity index (χ2v) is 10.2. The number of aromatic nitrogens is 5. The van der Waals surface area contributed by atoms with E-state index in [0.29, 0.717) is 0 Å². The Morgan fingerprint density at radius 2 is 1.75 bits per heavy atom. The summed E-state index contributed by atoms with van der Waals surface area (Å²) in [6, 6.07) is 13.0. The standard InChI is InChI=1S/C27H28N8S/c1-18-11-23-24(12-22(18)32-27-33-25(16-36-27)21-13-28-17-29-14-21)31-26(30-23)20-5-3-19(4-6-20)15-35-9-7-34(2)8-10-35/h3-6,11-14,16-17H,7-10,15H2,1-2H3,(H,30,31)(H,32,33). The number of anilines is 2. The summed E-state index contributed by atoms with van der Waals surface area (Å²) >= 11 is 1.56. The van der Waals surface area contributed by atoms with Crippen molar-refractivity contribution in [3.8, 4) is 22.6 Å². The lowest BCUT2D eigenvalue weighted by Gasteiger charge is -2.32. The highest BCUT2D eigenvalue weighted by Gasteiger charge is 2.15. The van der Waals surface area contributed by atoms with Gasteiger partial charge in [-0.3, -0.25) is 4.90 Å². The fourth-order valence-electron chi connectivity index (χ4n) is 4.48. The molecule has 6 rings (SSSR count). The van der Waals surface area contributed by atoms with E-state index in [1.165, 1.54) is 11.9 Å². The molecule has 0 amide bonds. The zero-order chi connectivity index (χ0) is 24.5. The van der Waals surface area contributed by atoms with Crippen molar-refractivity contribution >= 4 is 33.2 Å². The van der Waals surface area contributed by atoms with E-state index in [4.69, 9.17) is 9.97 Å². The van der Waals surface area contributed by atoms with Crippen LogP contribution in [0.3, 0.4) is 0 Å². The number of nitrogens with zero attached hydrogens (tertiary/aromatic N) is 6. The Hall–Kier alpha value is -3.66. The van der Waals surface area contributed by atoms with E-state index in [-0.39, 0.29) is 0 Å². The predicted molar refractivity (Wildman–Crippen MR) is 145 cm³/mol. The Bertz CT molecular complexity index is 1470. The molecule has 1 fully saturated rings. The second-order valence-electron chi connectivity index (χ2n) is 9.34. The number of aryl methyl sites for hydroxylation is 1. The fraction of sp³-hybridized carbons (Fsp3) is 0.259. The number of aromatic amines is 1. The van der Waals surface area contributed by atoms with Crippen molar-refractivity contribution in [3.05, 3.63) is 71.6 Å². The number of hydrogen-bond donors (Lipinski definition) is 2. The van der Waals surface area contributed by atoms with Gasteiger partial charge in [0.25, 0.3) is 0 Å². The number of imidazole rings is 1. The minimum absolute atomic E-state index is 0.826. The molecule has 0 saturated carbocycles. The highest BCUT2D eigenvalue weighted by atomic mass is 32.1. The second kappa shape index (κ2) is 9.77. The summed E-state index contributed by atoms with van der Waals surface area (Å²) in [5.41, 5.74) is 8.27. The van der Waals surface area contributed by atoms with Gasteiger partial charge < -0.3 is 15.2 Å². The third-order valence-corrected chi connectivity index (χ3v) is 7.42. The Labute approximate surface area is 214 Å². The van der Waals surface area contributed by atoms with Gasteiger partial charge in [-0.1, -0.05) is 24.3 Å². The number of nitrogens with one attached hydrogen (secondary N) is 2. The molecule has 5 aromatic rings. The normalized spacial score (nSPS) is 14.9. The van der Waals surface area contributed by atoms with E-state index in [9.17, 15) is 0 Å². The van der Waals surface area contributed by atoms with Gasteiger partial charge >= 0.3 is 0 Å². The topological polar surface area (TPSA) is 85.9 Å². The monoisotopic (exact) mass is 496 g/mol. The molecule has 36 heavy (non-hydrogen) atoms. The molecule has 0 unspecified atom stereocenters. The van der Waals surface area contributed by atoms with E-state index in [2.05, 4.69) is 80.4 Å². The number of thiazole rings is 1. The van der Waals surface area contributed by atoms with Gasteiger partial charge in [-0.05, 0) is 37.2 Å². The Morgan fingerprint density at radius 1 is 0.972 bits per heavy atom. The molecular weight excluding hydrogens is 468 g/mol. The van der Waals surface area contributed by atoms with Crippen LogP contribution < -0.4 is 5.32 Å². The summed E-state index contributed by atoms with van der Waals surface area (Å²) < 4.78 is 0. The first-order valence-corrected chi connectivity index (χ1v) is 13.0. The fourth-order valence-corrected chi connectivity index (χ4v) is 5.21.